The van der Waals surface area contributed by atoms with Crippen LogP contribution >= 0.6 is 0 Å². The van der Waals surface area contributed by atoms with Crippen molar-refractivity contribution < 1.29 is 14.6 Å². The van der Waals surface area contributed by atoms with Crippen LogP contribution in [-0.4, -0.2) is 54.4 Å². The van der Waals surface area contributed by atoms with E-state index in [0.29, 0.717) is 19.8 Å². The molecule has 1 amide bonds. The summed E-state index contributed by atoms with van der Waals surface area (Å²) in [4.78, 5) is 13.7. The number of carbonyl (C=O) groups excluding carboxylic acids is 1. The summed E-state index contributed by atoms with van der Waals surface area (Å²) in [7, 11) is 0. The Kier molecular flexibility index (Phi) is 4.50. The minimum absolute atomic E-state index is 0.00681. The Bertz CT molecular complexity index is 221. The maximum atomic E-state index is 12.0. The summed E-state index contributed by atoms with van der Waals surface area (Å²) >= 11 is 0. The Hall–Kier alpha value is -0.650. The highest BCUT2D eigenvalue weighted by Crippen LogP contribution is 2.13. The fourth-order valence-corrected chi connectivity index (χ4v) is 1.58. The summed E-state index contributed by atoms with van der Waals surface area (Å²) < 4.78 is 5.21. The predicted molar refractivity (Wildman–Crippen MR) is 56.2 cm³/mol. The second kappa shape index (κ2) is 5.44. The zero-order valence-corrected chi connectivity index (χ0v) is 9.35. The molecule has 0 aromatic rings. The lowest BCUT2D eigenvalue weighted by Gasteiger charge is -2.36. The molecule has 0 bridgehead atoms. The molecule has 1 saturated heterocycles. The molecule has 0 aromatic carbocycles. The molecule has 0 spiro atoms. The monoisotopic (exact) mass is 216 g/mol. The summed E-state index contributed by atoms with van der Waals surface area (Å²) in [5.74, 6) is -0.204. The number of nitrogens with zero attached hydrogens (tertiary/aromatic N) is 1. The number of carbonyl (C=O) groups is 1. The van der Waals surface area contributed by atoms with Crippen LogP contribution < -0.4 is 5.73 Å². The van der Waals surface area contributed by atoms with Crippen molar-refractivity contribution in [2.75, 3.05) is 26.4 Å². The number of hydrogen-bond acceptors (Lipinski definition) is 4. The quantitative estimate of drug-likeness (QED) is 0.647. The van der Waals surface area contributed by atoms with Crippen molar-refractivity contribution in [1.82, 2.24) is 4.90 Å². The molecule has 1 rings (SSSR count). The van der Waals surface area contributed by atoms with E-state index in [1.54, 1.807) is 4.90 Å². The van der Waals surface area contributed by atoms with Gasteiger partial charge in [0.15, 0.2) is 0 Å². The van der Waals surface area contributed by atoms with E-state index < -0.39 is 0 Å². The molecule has 1 aliphatic heterocycles. The standard InChI is InChI=1S/C10H20N2O3/c1-7(8(2)11)10(14)12-3-4-15-6-9(12)5-13/h7-9,13H,3-6,11H2,1-2H3. The molecule has 3 unspecified atom stereocenters. The van der Waals surface area contributed by atoms with Gasteiger partial charge in [-0.3, -0.25) is 4.79 Å². The Morgan fingerprint density at radius 2 is 2.33 bits per heavy atom. The summed E-state index contributed by atoms with van der Waals surface area (Å²) in [6.45, 7) is 5.06. The molecule has 5 heteroatoms. The zero-order chi connectivity index (χ0) is 11.4. The van der Waals surface area contributed by atoms with Gasteiger partial charge in [-0.25, -0.2) is 0 Å². The van der Waals surface area contributed by atoms with Gasteiger partial charge in [-0.05, 0) is 6.92 Å². The van der Waals surface area contributed by atoms with Crippen molar-refractivity contribution >= 4 is 5.91 Å². The van der Waals surface area contributed by atoms with E-state index in [1.165, 1.54) is 0 Å². The summed E-state index contributed by atoms with van der Waals surface area (Å²) in [5.41, 5.74) is 5.69. The third-order valence-electron chi connectivity index (χ3n) is 2.90. The van der Waals surface area contributed by atoms with Crippen LogP contribution in [0.2, 0.25) is 0 Å². The van der Waals surface area contributed by atoms with Crippen molar-refractivity contribution in [2.24, 2.45) is 11.7 Å². The lowest BCUT2D eigenvalue weighted by atomic mass is 10.0. The summed E-state index contributed by atoms with van der Waals surface area (Å²) in [6, 6.07) is -0.382. The van der Waals surface area contributed by atoms with Crippen LogP contribution in [0, 0.1) is 5.92 Å². The number of nitrogens with two attached hydrogens (primary N) is 1. The molecular weight excluding hydrogens is 196 g/mol. The molecule has 3 atom stereocenters. The van der Waals surface area contributed by atoms with Crippen molar-refractivity contribution in [3.05, 3.63) is 0 Å². The first-order valence-corrected chi connectivity index (χ1v) is 5.32. The van der Waals surface area contributed by atoms with Gasteiger partial charge in [-0.1, -0.05) is 6.92 Å². The van der Waals surface area contributed by atoms with Crippen LogP contribution in [0.4, 0.5) is 0 Å². The number of amides is 1. The molecule has 0 aliphatic carbocycles. The van der Waals surface area contributed by atoms with Gasteiger partial charge >= 0.3 is 0 Å². The Morgan fingerprint density at radius 1 is 1.67 bits per heavy atom. The van der Waals surface area contributed by atoms with Crippen LogP contribution in [-0.2, 0) is 9.53 Å². The average molecular weight is 216 g/mol. The zero-order valence-electron chi connectivity index (χ0n) is 9.35. The summed E-state index contributed by atoms with van der Waals surface area (Å²) in [6.07, 6.45) is 0. The predicted octanol–water partition coefficient (Wildman–Crippen LogP) is -0.811. The number of morpholine rings is 1. The highest BCUT2D eigenvalue weighted by Gasteiger charge is 2.30. The van der Waals surface area contributed by atoms with E-state index in [9.17, 15) is 4.79 Å². The number of aliphatic hydroxyl groups excluding tert-OH is 1. The van der Waals surface area contributed by atoms with Gasteiger partial charge in [-0.15, -0.1) is 0 Å². The molecule has 0 radical (unpaired) electrons. The SMILES string of the molecule is CC(N)C(C)C(=O)N1CCOCC1CO. The first-order valence-electron chi connectivity index (χ1n) is 5.32. The number of ether oxygens (including phenoxy) is 1. The largest absolute Gasteiger partial charge is 0.394 e. The molecule has 15 heavy (non-hydrogen) atoms. The fourth-order valence-electron chi connectivity index (χ4n) is 1.58. The highest BCUT2D eigenvalue weighted by atomic mass is 16.5. The van der Waals surface area contributed by atoms with E-state index >= 15 is 0 Å². The van der Waals surface area contributed by atoms with E-state index in [4.69, 9.17) is 15.6 Å². The van der Waals surface area contributed by atoms with Gasteiger partial charge in [0, 0.05) is 12.6 Å². The van der Waals surface area contributed by atoms with Crippen LogP contribution in [0.5, 0.6) is 0 Å². The van der Waals surface area contributed by atoms with Crippen molar-refractivity contribution in [3.8, 4) is 0 Å². The van der Waals surface area contributed by atoms with Crippen LogP contribution in [0.25, 0.3) is 0 Å². The van der Waals surface area contributed by atoms with Gasteiger partial charge in [0.25, 0.3) is 0 Å². The second-order valence-corrected chi connectivity index (χ2v) is 4.09. The van der Waals surface area contributed by atoms with Gasteiger partial charge in [-0.2, -0.15) is 0 Å². The van der Waals surface area contributed by atoms with E-state index in [1.807, 2.05) is 13.8 Å². The number of rotatable bonds is 3. The highest BCUT2D eigenvalue weighted by molar-refractivity contribution is 5.79. The fraction of sp³-hybridized carbons (Fsp3) is 0.900. The lowest BCUT2D eigenvalue weighted by Crippen LogP contribution is -2.53. The van der Waals surface area contributed by atoms with Crippen LogP contribution in [0.15, 0.2) is 0 Å². The first-order chi connectivity index (χ1) is 7.07. The van der Waals surface area contributed by atoms with E-state index in [0.717, 1.165) is 0 Å². The molecule has 1 aliphatic rings. The molecule has 3 N–H and O–H groups in total. The van der Waals surface area contributed by atoms with Crippen LogP contribution in [0.3, 0.4) is 0 Å². The molecule has 0 aromatic heterocycles. The van der Waals surface area contributed by atoms with Gasteiger partial charge in [0.2, 0.25) is 5.91 Å². The lowest BCUT2D eigenvalue weighted by molar-refractivity contribution is -0.146. The Balaban J connectivity index is 2.63. The van der Waals surface area contributed by atoms with Crippen molar-refractivity contribution in [3.63, 3.8) is 0 Å². The normalized spacial score (nSPS) is 26.1. The van der Waals surface area contributed by atoms with Crippen LogP contribution in [0.1, 0.15) is 13.8 Å². The Morgan fingerprint density at radius 3 is 2.87 bits per heavy atom. The topological polar surface area (TPSA) is 75.8 Å². The van der Waals surface area contributed by atoms with Crippen molar-refractivity contribution in [2.45, 2.75) is 25.9 Å². The molecule has 88 valence electrons. The van der Waals surface area contributed by atoms with E-state index in [-0.39, 0.29) is 30.5 Å². The second-order valence-electron chi connectivity index (χ2n) is 4.09. The molecule has 5 nitrogen and oxygen atoms in total. The third kappa shape index (κ3) is 2.90. The van der Waals surface area contributed by atoms with Gasteiger partial charge in [0.1, 0.15) is 0 Å². The average Bonchev–Trinajstić information content (AvgIpc) is 2.26. The summed E-state index contributed by atoms with van der Waals surface area (Å²) in [5, 5.41) is 9.13. The smallest absolute Gasteiger partial charge is 0.227 e. The first kappa shape index (κ1) is 12.4. The molecule has 1 heterocycles. The maximum Gasteiger partial charge on any atom is 0.227 e. The number of hydrogen-bond donors (Lipinski definition) is 2. The Labute approximate surface area is 90.2 Å². The van der Waals surface area contributed by atoms with Gasteiger partial charge in [0.05, 0.1) is 31.8 Å². The number of aliphatic hydroxyl groups is 1. The van der Waals surface area contributed by atoms with Crippen molar-refractivity contribution in [1.29, 1.82) is 0 Å². The molecular formula is C10H20N2O3. The van der Waals surface area contributed by atoms with Gasteiger partial charge < -0.3 is 20.5 Å². The molecule has 0 saturated carbocycles. The minimum atomic E-state index is -0.215. The molecule has 1 fully saturated rings. The third-order valence-corrected chi connectivity index (χ3v) is 2.90. The van der Waals surface area contributed by atoms with E-state index in [2.05, 4.69) is 0 Å². The minimum Gasteiger partial charge on any atom is -0.394 e. The maximum absolute atomic E-state index is 12.0.